The van der Waals surface area contributed by atoms with Crippen molar-refractivity contribution >= 4 is 17.7 Å². The second-order valence-corrected chi connectivity index (χ2v) is 6.96. The number of rotatable bonds is 7. The number of ether oxygens (including phenoxy) is 2. The largest absolute Gasteiger partial charge is 0.444 e. The molecule has 2 heterocycles. The number of nitrogens with one attached hydrogen (secondary N) is 2. The Morgan fingerprint density at radius 1 is 1.38 bits per heavy atom. The van der Waals surface area contributed by atoms with E-state index in [1.807, 2.05) is 29.3 Å². The third kappa shape index (κ3) is 5.64. The van der Waals surface area contributed by atoms with Crippen LogP contribution in [0.5, 0.6) is 0 Å². The van der Waals surface area contributed by atoms with Gasteiger partial charge in [-0.15, -0.1) is 0 Å². The lowest BCUT2D eigenvalue weighted by molar-refractivity contribution is 0.0770. The van der Waals surface area contributed by atoms with Crippen molar-refractivity contribution in [1.82, 2.24) is 10.3 Å². The molecule has 2 aromatic rings. The standard InChI is InChI=1S/C20H24FN5O3/c1-13-7-14(5-6-24-13)10-28-11-15-8-26(9-15)17-4-2-3-16(18(17)21)12-29-20(27)25-19(22)23/h2-7,15H,8-12H2,1H3,(H4,22,23,25,27). The van der Waals surface area contributed by atoms with Gasteiger partial charge in [-0.25, -0.2) is 9.18 Å². The molecule has 1 aromatic heterocycles. The van der Waals surface area contributed by atoms with Crippen molar-refractivity contribution in [2.75, 3.05) is 24.6 Å². The van der Waals surface area contributed by atoms with Gasteiger partial charge in [-0.1, -0.05) is 12.1 Å². The monoisotopic (exact) mass is 401 g/mol. The number of halogens is 1. The quantitative estimate of drug-likeness (QED) is 0.485. The van der Waals surface area contributed by atoms with E-state index in [9.17, 15) is 9.18 Å². The number of carbonyl (C=O) groups excluding carboxylic acids is 1. The molecule has 0 atom stereocenters. The second-order valence-electron chi connectivity index (χ2n) is 6.96. The maximum atomic E-state index is 14.7. The first-order valence-electron chi connectivity index (χ1n) is 9.22. The van der Waals surface area contributed by atoms with Crippen LogP contribution in [0.25, 0.3) is 0 Å². The van der Waals surface area contributed by atoms with Crippen LogP contribution in [-0.4, -0.2) is 36.7 Å². The Morgan fingerprint density at radius 3 is 2.90 bits per heavy atom. The molecular formula is C20H24FN5O3. The summed E-state index contributed by atoms with van der Waals surface area (Å²) in [5, 5.41) is 8.95. The summed E-state index contributed by atoms with van der Waals surface area (Å²) in [6, 6.07) is 8.89. The molecule has 154 valence electrons. The number of aryl methyl sites for hydroxylation is 1. The van der Waals surface area contributed by atoms with Gasteiger partial charge >= 0.3 is 6.09 Å². The van der Waals surface area contributed by atoms with E-state index < -0.39 is 17.9 Å². The fraction of sp³-hybridized carbons (Fsp3) is 0.350. The number of alkyl carbamates (subject to hydrolysis) is 1. The predicted octanol–water partition coefficient (Wildman–Crippen LogP) is 2.30. The number of nitrogens with two attached hydrogens (primary N) is 1. The molecule has 9 heteroatoms. The molecule has 1 aliphatic rings. The molecule has 1 amide bonds. The molecule has 0 spiro atoms. The molecule has 1 saturated heterocycles. The molecule has 0 radical (unpaired) electrons. The van der Waals surface area contributed by atoms with Crippen LogP contribution in [-0.2, 0) is 22.7 Å². The minimum atomic E-state index is -0.896. The Morgan fingerprint density at radius 2 is 2.17 bits per heavy atom. The number of amides is 1. The zero-order valence-electron chi connectivity index (χ0n) is 16.2. The van der Waals surface area contributed by atoms with Gasteiger partial charge in [0.2, 0.25) is 0 Å². The van der Waals surface area contributed by atoms with Gasteiger partial charge in [-0.3, -0.25) is 15.7 Å². The Balaban J connectivity index is 1.46. The molecule has 8 nitrogen and oxygen atoms in total. The van der Waals surface area contributed by atoms with Gasteiger partial charge in [0.1, 0.15) is 6.61 Å². The minimum absolute atomic E-state index is 0.246. The summed E-state index contributed by atoms with van der Waals surface area (Å²) in [4.78, 5) is 17.5. The summed E-state index contributed by atoms with van der Waals surface area (Å²) in [6.45, 7) is 4.22. The number of hydrogen-bond acceptors (Lipinski definition) is 6. The first-order chi connectivity index (χ1) is 13.9. The molecule has 1 fully saturated rings. The fourth-order valence-corrected chi connectivity index (χ4v) is 3.12. The zero-order chi connectivity index (χ0) is 20.8. The van der Waals surface area contributed by atoms with Crippen LogP contribution < -0.4 is 16.0 Å². The highest BCUT2D eigenvalue weighted by atomic mass is 19.1. The van der Waals surface area contributed by atoms with Crippen LogP contribution in [0.2, 0.25) is 0 Å². The van der Waals surface area contributed by atoms with E-state index >= 15 is 0 Å². The van der Waals surface area contributed by atoms with Gasteiger partial charge in [0.25, 0.3) is 0 Å². The maximum absolute atomic E-state index is 14.7. The third-order valence-electron chi connectivity index (χ3n) is 4.54. The van der Waals surface area contributed by atoms with Crippen LogP contribution in [0.4, 0.5) is 14.9 Å². The summed E-state index contributed by atoms with van der Waals surface area (Å²) in [5.74, 6) is -0.620. The number of benzene rings is 1. The number of guanidine groups is 1. The van der Waals surface area contributed by atoms with E-state index in [1.165, 1.54) is 0 Å². The summed E-state index contributed by atoms with van der Waals surface area (Å²) in [7, 11) is 0. The SMILES string of the molecule is Cc1cc(COCC2CN(c3cccc(COC(=O)NC(=N)N)c3F)C2)ccn1. The normalized spacial score (nSPS) is 13.7. The lowest BCUT2D eigenvalue weighted by atomic mass is 9.99. The van der Waals surface area contributed by atoms with Crippen molar-refractivity contribution in [1.29, 1.82) is 5.41 Å². The predicted molar refractivity (Wildman–Crippen MR) is 106 cm³/mol. The number of carbonyl (C=O) groups is 1. The summed E-state index contributed by atoms with van der Waals surface area (Å²) in [6.07, 6.45) is 0.871. The Labute approximate surface area is 168 Å². The van der Waals surface area contributed by atoms with Gasteiger partial charge in [0, 0.05) is 36.5 Å². The molecule has 4 N–H and O–H groups in total. The van der Waals surface area contributed by atoms with Crippen molar-refractivity contribution in [2.24, 2.45) is 11.7 Å². The highest BCUT2D eigenvalue weighted by molar-refractivity contribution is 5.90. The van der Waals surface area contributed by atoms with Crippen molar-refractivity contribution in [3.8, 4) is 0 Å². The zero-order valence-corrected chi connectivity index (χ0v) is 16.2. The number of anilines is 1. The van der Waals surface area contributed by atoms with E-state index in [2.05, 4.69) is 4.98 Å². The van der Waals surface area contributed by atoms with Crippen LogP contribution in [0.15, 0.2) is 36.5 Å². The topological polar surface area (TPSA) is 114 Å². The van der Waals surface area contributed by atoms with Gasteiger partial charge in [-0.2, -0.15) is 0 Å². The summed E-state index contributed by atoms with van der Waals surface area (Å²) in [5.41, 5.74) is 7.82. The Hall–Kier alpha value is -3.20. The number of pyridine rings is 1. The van der Waals surface area contributed by atoms with Crippen molar-refractivity contribution in [3.63, 3.8) is 0 Å². The highest BCUT2D eigenvalue weighted by Crippen LogP contribution is 2.29. The molecule has 0 aliphatic carbocycles. The molecule has 1 aliphatic heterocycles. The van der Waals surface area contributed by atoms with Crippen LogP contribution in [0.3, 0.4) is 0 Å². The molecule has 0 saturated carbocycles. The Kier molecular flexibility index (Phi) is 6.61. The van der Waals surface area contributed by atoms with E-state index in [0.717, 1.165) is 11.3 Å². The van der Waals surface area contributed by atoms with Gasteiger partial charge in [0.05, 0.1) is 18.9 Å². The molecule has 1 aromatic carbocycles. The number of aromatic nitrogens is 1. The van der Waals surface area contributed by atoms with Crippen molar-refractivity contribution in [3.05, 3.63) is 59.2 Å². The van der Waals surface area contributed by atoms with Gasteiger partial charge in [-0.05, 0) is 30.7 Å². The van der Waals surface area contributed by atoms with Gasteiger partial charge in [0.15, 0.2) is 11.8 Å². The maximum Gasteiger partial charge on any atom is 0.414 e. The first-order valence-corrected chi connectivity index (χ1v) is 9.22. The molecule has 0 unspecified atom stereocenters. The first kappa shape index (κ1) is 20.5. The minimum Gasteiger partial charge on any atom is -0.444 e. The highest BCUT2D eigenvalue weighted by Gasteiger charge is 2.29. The average molecular weight is 401 g/mol. The van der Waals surface area contributed by atoms with E-state index in [1.54, 1.807) is 24.4 Å². The number of nitrogens with zero attached hydrogens (tertiary/aromatic N) is 2. The van der Waals surface area contributed by atoms with Crippen LogP contribution in [0, 0.1) is 24.1 Å². The molecule has 3 rings (SSSR count). The Bertz CT molecular complexity index is 886. The fourth-order valence-electron chi connectivity index (χ4n) is 3.12. The third-order valence-corrected chi connectivity index (χ3v) is 4.54. The van der Waals surface area contributed by atoms with E-state index in [0.29, 0.717) is 37.9 Å². The molecule has 29 heavy (non-hydrogen) atoms. The molecule has 0 bridgehead atoms. The number of hydrogen-bond donors (Lipinski definition) is 3. The molecular weight excluding hydrogens is 377 g/mol. The second kappa shape index (κ2) is 9.33. The van der Waals surface area contributed by atoms with Gasteiger partial charge < -0.3 is 20.1 Å². The summed E-state index contributed by atoms with van der Waals surface area (Å²) < 4.78 is 25.4. The summed E-state index contributed by atoms with van der Waals surface area (Å²) >= 11 is 0. The van der Waals surface area contributed by atoms with Crippen LogP contribution >= 0.6 is 0 Å². The van der Waals surface area contributed by atoms with E-state index in [4.69, 9.17) is 20.6 Å². The lowest BCUT2D eigenvalue weighted by Gasteiger charge is -2.41. The van der Waals surface area contributed by atoms with Crippen molar-refractivity contribution in [2.45, 2.75) is 20.1 Å². The van der Waals surface area contributed by atoms with E-state index in [-0.39, 0.29) is 12.2 Å². The van der Waals surface area contributed by atoms with Crippen molar-refractivity contribution < 1.29 is 18.7 Å². The lowest BCUT2D eigenvalue weighted by Crippen LogP contribution is -2.49. The average Bonchev–Trinajstić information content (AvgIpc) is 2.63. The smallest absolute Gasteiger partial charge is 0.414 e. The van der Waals surface area contributed by atoms with Crippen LogP contribution in [0.1, 0.15) is 16.8 Å².